The van der Waals surface area contributed by atoms with Crippen molar-refractivity contribution in [1.29, 1.82) is 0 Å². The summed E-state index contributed by atoms with van der Waals surface area (Å²) < 4.78 is 3.29. The van der Waals surface area contributed by atoms with Crippen molar-refractivity contribution in [2.75, 3.05) is 0 Å². The van der Waals surface area contributed by atoms with Gasteiger partial charge in [0.25, 0.3) is 0 Å². The fourth-order valence-electron chi connectivity index (χ4n) is 2.99. The van der Waals surface area contributed by atoms with Crippen molar-refractivity contribution in [3.63, 3.8) is 0 Å². The average molecular weight is 278 g/mol. The number of allylic oxidation sites excluding steroid dienone is 4. The van der Waals surface area contributed by atoms with Crippen LogP contribution in [0, 0.1) is 0 Å². The van der Waals surface area contributed by atoms with Crippen LogP contribution >= 0.6 is 0 Å². The minimum absolute atomic E-state index is 0.135. The maximum atomic E-state index is 2.35. The van der Waals surface area contributed by atoms with E-state index in [0.29, 0.717) is 0 Å². The summed E-state index contributed by atoms with van der Waals surface area (Å²) in [6, 6.07) is 15.7. The van der Waals surface area contributed by atoms with E-state index in [1.54, 1.807) is 13.3 Å². The van der Waals surface area contributed by atoms with Crippen molar-refractivity contribution in [1.82, 2.24) is 0 Å². The summed E-state index contributed by atoms with van der Waals surface area (Å²) in [7, 11) is 0. The molecule has 0 spiro atoms. The van der Waals surface area contributed by atoms with E-state index in [1.165, 1.54) is 23.1 Å². The van der Waals surface area contributed by atoms with Crippen LogP contribution in [0.4, 0.5) is 0 Å². The third-order valence-electron chi connectivity index (χ3n) is 3.92. The SMILES string of the molecule is C1=CC[C]([Ti][c]2cccc3c2Cc2ccccc2-3)=C1. The number of benzene rings is 2. The van der Waals surface area contributed by atoms with Gasteiger partial charge >= 0.3 is 123 Å². The van der Waals surface area contributed by atoms with E-state index in [1.807, 2.05) is 0 Å². The Morgan fingerprint density at radius 3 is 2.68 bits per heavy atom. The first-order chi connectivity index (χ1) is 9.42. The van der Waals surface area contributed by atoms with Gasteiger partial charge in [0.2, 0.25) is 0 Å². The van der Waals surface area contributed by atoms with Crippen LogP contribution in [0.5, 0.6) is 0 Å². The fraction of sp³-hybridized carbons (Fsp3) is 0.111. The zero-order chi connectivity index (χ0) is 12.7. The Hall–Kier alpha value is -1.37. The molecule has 0 radical (unpaired) electrons. The molecule has 0 saturated heterocycles. The molecular weight excluding hydrogens is 264 g/mol. The van der Waals surface area contributed by atoms with Gasteiger partial charge in [-0.05, 0) is 0 Å². The molecule has 19 heavy (non-hydrogen) atoms. The zero-order valence-electron chi connectivity index (χ0n) is 10.7. The van der Waals surface area contributed by atoms with E-state index in [-0.39, 0.29) is 19.2 Å². The maximum absolute atomic E-state index is 2.35. The molecule has 2 aromatic carbocycles. The number of fused-ring (bicyclic) bond motifs is 3. The molecule has 0 nitrogen and oxygen atoms in total. The van der Waals surface area contributed by atoms with Crippen molar-refractivity contribution < 1.29 is 19.2 Å². The van der Waals surface area contributed by atoms with E-state index < -0.39 is 0 Å². The molecule has 4 rings (SSSR count). The van der Waals surface area contributed by atoms with Crippen LogP contribution in [0.25, 0.3) is 11.1 Å². The van der Waals surface area contributed by atoms with Crippen molar-refractivity contribution in [3.05, 3.63) is 75.7 Å². The second kappa shape index (κ2) is 4.63. The molecule has 1 heteroatoms. The summed E-state index contributed by atoms with van der Waals surface area (Å²) in [5.41, 5.74) is 6.01. The molecule has 0 fully saturated rings. The third-order valence-corrected chi connectivity index (χ3v) is 6.15. The topological polar surface area (TPSA) is 0 Å². The molecule has 0 aromatic heterocycles. The van der Waals surface area contributed by atoms with Crippen molar-refractivity contribution in [2.45, 2.75) is 12.8 Å². The predicted molar refractivity (Wildman–Crippen MR) is 76.2 cm³/mol. The molecule has 90 valence electrons. The molecular formula is C18H14Ti. The molecule has 0 amide bonds. The van der Waals surface area contributed by atoms with Gasteiger partial charge in [-0.15, -0.1) is 0 Å². The number of hydrogen-bond acceptors (Lipinski definition) is 0. The minimum atomic E-state index is -0.135. The van der Waals surface area contributed by atoms with E-state index in [0.717, 1.165) is 6.42 Å². The number of hydrogen-bond donors (Lipinski definition) is 0. The van der Waals surface area contributed by atoms with Gasteiger partial charge in [0.05, 0.1) is 0 Å². The Balaban J connectivity index is 1.76. The Labute approximate surface area is 122 Å². The fourth-order valence-corrected chi connectivity index (χ4v) is 5.02. The van der Waals surface area contributed by atoms with Crippen LogP contribution in [0.15, 0.2) is 64.6 Å². The summed E-state index contributed by atoms with van der Waals surface area (Å²) in [6.45, 7) is 0. The molecule has 2 aliphatic carbocycles. The molecule has 0 heterocycles. The first kappa shape index (κ1) is 11.5. The summed E-state index contributed by atoms with van der Waals surface area (Å²) >= 11 is -0.135. The van der Waals surface area contributed by atoms with Gasteiger partial charge in [-0.25, -0.2) is 0 Å². The van der Waals surface area contributed by atoms with Crippen molar-refractivity contribution >= 4 is 3.87 Å². The van der Waals surface area contributed by atoms with E-state index in [4.69, 9.17) is 0 Å². The molecule has 0 aliphatic heterocycles. The van der Waals surface area contributed by atoms with Crippen LogP contribution in [0.1, 0.15) is 17.5 Å². The molecule has 0 atom stereocenters. The first-order valence-corrected chi connectivity index (χ1v) is 8.31. The molecule has 0 N–H and O–H groups in total. The Bertz CT molecular complexity index is 707. The van der Waals surface area contributed by atoms with Crippen LogP contribution in [0.3, 0.4) is 0 Å². The monoisotopic (exact) mass is 278 g/mol. The van der Waals surface area contributed by atoms with E-state index >= 15 is 0 Å². The predicted octanol–water partition coefficient (Wildman–Crippen LogP) is 3.81. The Kier molecular flexibility index (Phi) is 2.79. The zero-order valence-corrected chi connectivity index (χ0v) is 12.2. The summed E-state index contributed by atoms with van der Waals surface area (Å²) in [6.07, 6.45) is 9.11. The van der Waals surface area contributed by atoms with Gasteiger partial charge in [-0.2, -0.15) is 0 Å². The van der Waals surface area contributed by atoms with Crippen LogP contribution < -0.4 is 3.87 Å². The number of rotatable bonds is 2. The van der Waals surface area contributed by atoms with Gasteiger partial charge in [0.15, 0.2) is 0 Å². The molecule has 0 unspecified atom stereocenters. The summed E-state index contributed by atoms with van der Waals surface area (Å²) in [4.78, 5) is 0. The van der Waals surface area contributed by atoms with Crippen molar-refractivity contribution in [3.8, 4) is 11.1 Å². The molecule has 2 aromatic rings. The van der Waals surface area contributed by atoms with E-state index in [9.17, 15) is 0 Å². The van der Waals surface area contributed by atoms with Crippen LogP contribution in [-0.2, 0) is 25.6 Å². The van der Waals surface area contributed by atoms with E-state index in [2.05, 4.69) is 60.7 Å². The Morgan fingerprint density at radius 1 is 0.895 bits per heavy atom. The third kappa shape index (κ3) is 1.96. The van der Waals surface area contributed by atoms with Gasteiger partial charge in [0.1, 0.15) is 0 Å². The van der Waals surface area contributed by atoms with Crippen molar-refractivity contribution in [2.24, 2.45) is 0 Å². The molecule has 0 saturated carbocycles. The first-order valence-electron chi connectivity index (χ1n) is 6.75. The van der Waals surface area contributed by atoms with Crippen LogP contribution in [0.2, 0.25) is 0 Å². The van der Waals surface area contributed by atoms with Gasteiger partial charge in [-0.1, -0.05) is 0 Å². The second-order valence-electron chi connectivity index (χ2n) is 5.11. The quantitative estimate of drug-likeness (QED) is 0.625. The second-order valence-corrected chi connectivity index (χ2v) is 7.35. The Morgan fingerprint density at radius 2 is 1.79 bits per heavy atom. The van der Waals surface area contributed by atoms with Gasteiger partial charge in [-0.3, -0.25) is 0 Å². The normalized spacial score (nSPS) is 15.1. The average Bonchev–Trinajstić information content (AvgIpc) is 3.06. The molecule has 0 bridgehead atoms. The summed E-state index contributed by atoms with van der Waals surface area (Å²) in [5, 5.41) is 0. The molecule has 2 aliphatic rings. The standard InChI is InChI=1S/C13H9.C5H5.Ti/c1-3-7-12-10(5-1)9-11-6-2-4-8-13(11)12;1-2-4-5-3-1;/h1-5,7-8H,9H2;1-3H,4H2;. The van der Waals surface area contributed by atoms with Crippen LogP contribution in [-0.4, -0.2) is 0 Å². The van der Waals surface area contributed by atoms with Gasteiger partial charge < -0.3 is 0 Å². The van der Waals surface area contributed by atoms with Gasteiger partial charge in [0, 0.05) is 0 Å². The summed E-state index contributed by atoms with van der Waals surface area (Å²) in [5.74, 6) is 0.